The van der Waals surface area contributed by atoms with E-state index in [1.54, 1.807) is 0 Å². The van der Waals surface area contributed by atoms with Crippen LogP contribution in [0.1, 0.15) is 0 Å². The number of halogens is 1. The smallest absolute Gasteiger partial charge is 0.372 e. The molecular formula is C4H2ClNO3. The Morgan fingerprint density at radius 1 is 1.56 bits per heavy atom. The highest BCUT2D eigenvalue weighted by Crippen LogP contribution is 1.91. The molecule has 1 rings (SSSR count). The van der Waals surface area contributed by atoms with Gasteiger partial charge in [0.05, 0.1) is 0 Å². The average Bonchev–Trinajstić information content (AvgIpc) is 1.80. The monoisotopic (exact) mass is 147 g/mol. The third kappa shape index (κ3) is 1.20. The first-order valence-corrected chi connectivity index (χ1v) is 2.46. The summed E-state index contributed by atoms with van der Waals surface area (Å²) < 4.78 is 4.01. The molecule has 0 radical (unpaired) electrons. The number of nitrogens with one attached hydrogen (secondary N) is 1. The summed E-state index contributed by atoms with van der Waals surface area (Å²) in [5.41, 5.74) is -0.819. The van der Waals surface area contributed by atoms with Gasteiger partial charge >= 0.3 is 11.4 Å². The average molecular weight is 148 g/mol. The van der Waals surface area contributed by atoms with E-state index in [0.717, 1.165) is 6.20 Å². The van der Waals surface area contributed by atoms with Crippen molar-refractivity contribution < 1.29 is 4.42 Å². The lowest BCUT2D eigenvalue weighted by molar-refractivity contribution is 0.449. The van der Waals surface area contributed by atoms with Crippen LogP contribution in [0.5, 0.6) is 0 Å². The van der Waals surface area contributed by atoms with Gasteiger partial charge in [-0.05, 0) is 0 Å². The van der Waals surface area contributed by atoms with Gasteiger partial charge in [-0.25, -0.2) is 9.59 Å². The molecule has 0 spiro atoms. The highest BCUT2D eigenvalue weighted by molar-refractivity contribution is 6.30. The number of H-pyrrole nitrogens is 1. The van der Waals surface area contributed by atoms with Crippen molar-refractivity contribution in [2.75, 3.05) is 0 Å². The lowest BCUT2D eigenvalue weighted by Gasteiger charge is -1.80. The van der Waals surface area contributed by atoms with Gasteiger partial charge in [0.15, 0.2) is 0 Å². The molecule has 4 nitrogen and oxygen atoms in total. The normalized spacial score (nSPS) is 9.44. The topological polar surface area (TPSA) is 63.1 Å². The van der Waals surface area contributed by atoms with Crippen LogP contribution >= 0.6 is 11.6 Å². The van der Waals surface area contributed by atoms with E-state index in [2.05, 4.69) is 9.40 Å². The van der Waals surface area contributed by atoms with Crippen LogP contribution < -0.4 is 11.4 Å². The summed E-state index contributed by atoms with van der Waals surface area (Å²) in [6.07, 6.45) is 1.08. The fourth-order valence-corrected chi connectivity index (χ4v) is 0.437. The molecule has 1 heterocycles. The van der Waals surface area contributed by atoms with Crippen LogP contribution in [0.4, 0.5) is 0 Å². The van der Waals surface area contributed by atoms with Gasteiger partial charge in [0.1, 0.15) is 5.02 Å². The molecule has 0 saturated carbocycles. The number of rotatable bonds is 0. The minimum Gasteiger partial charge on any atom is -0.372 e. The van der Waals surface area contributed by atoms with E-state index in [0.29, 0.717) is 0 Å². The van der Waals surface area contributed by atoms with E-state index in [1.165, 1.54) is 0 Å². The third-order valence-corrected chi connectivity index (χ3v) is 0.961. The van der Waals surface area contributed by atoms with Crippen molar-refractivity contribution in [1.82, 2.24) is 4.98 Å². The molecule has 5 heteroatoms. The Morgan fingerprint density at radius 2 is 2.22 bits per heavy atom. The maximum Gasteiger partial charge on any atom is 0.419 e. The summed E-state index contributed by atoms with van der Waals surface area (Å²) in [5, 5.41) is -0.130. The Morgan fingerprint density at radius 3 is 2.67 bits per heavy atom. The van der Waals surface area contributed by atoms with Gasteiger partial charge in [-0.2, -0.15) is 0 Å². The van der Waals surface area contributed by atoms with Crippen LogP contribution in [0, 0.1) is 0 Å². The minimum absolute atomic E-state index is 0.130. The van der Waals surface area contributed by atoms with Crippen LogP contribution in [-0.2, 0) is 0 Å². The first-order chi connectivity index (χ1) is 4.20. The number of hydrogen-bond acceptors (Lipinski definition) is 3. The van der Waals surface area contributed by atoms with Gasteiger partial charge in [-0.1, -0.05) is 11.6 Å². The third-order valence-electron chi connectivity index (χ3n) is 0.697. The van der Waals surface area contributed by atoms with Crippen molar-refractivity contribution in [3.63, 3.8) is 0 Å². The fraction of sp³-hybridized carbons (Fsp3) is 0. The molecular weight excluding hydrogens is 146 g/mol. The second-order valence-corrected chi connectivity index (χ2v) is 1.72. The largest absolute Gasteiger partial charge is 0.419 e. The van der Waals surface area contributed by atoms with E-state index < -0.39 is 11.4 Å². The predicted molar refractivity (Wildman–Crippen MR) is 30.6 cm³/mol. The van der Waals surface area contributed by atoms with Gasteiger partial charge in [-0.15, -0.1) is 0 Å². The van der Waals surface area contributed by atoms with E-state index >= 15 is 0 Å². The van der Waals surface area contributed by atoms with Crippen molar-refractivity contribution in [3.05, 3.63) is 32.2 Å². The number of aromatic amines is 1. The second-order valence-electron chi connectivity index (χ2n) is 1.31. The van der Waals surface area contributed by atoms with Gasteiger partial charge < -0.3 is 4.42 Å². The van der Waals surface area contributed by atoms with Crippen molar-refractivity contribution in [2.24, 2.45) is 0 Å². The van der Waals surface area contributed by atoms with Crippen LogP contribution in [0.2, 0.25) is 5.02 Å². The number of hydrogen-bond donors (Lipinski definition) is 1. The van der Waals surface area contributed by atoms with Crippen molar-refractivity contribution >= 4 is 11.6 Å². The minimum atomic E-state index is -0.819. The molecule has 0 aliphatic heterocycles. The Hall–Kier alpha value is -1.03. The quantitative estimate of drug-likeness (QED) is 0.561. The molecule has 0 aliphatic rings. The zero-order chi connectivity index (χ0) is 6.85. The number of aromatic nitrogens is 1. The van der Waals surface area contributed by atoms with E-state index in [-0.39, 0.29) is 5.02 Å². The van der Waals surface area contributed by atoms with Crippen LogP contribution in [-0.4, -0.2) is 4.98 Å². The fourth-order valence-electron chi connectivity index (χ4n) is 0.344. The Kier molecular flexibility index (Phi) is 1.40. The summed E-state index contributed by atoms with van der Waals surface area (Å²) >= 11 is 5.20. The summed E-state index contributed by atoms with van der Waals surface area (Å²) in [6.45, 7) is 0. The van der Waals surface area contributed by atoms with E-state index in [4.69, 9.17) is 11.6 Å². The molecule has 0 bridgehead atoms. The maximum absolute atomic E-state index is 10.3. The van der Waals surface area contributed by atoms with Crippen molar-refractivity contribution in [2.45, 2.75) is 0 Å². The molecule has 1 aromatic heterocycles. The van der Waals surface area contributed by atoms with Gasteiger partial charge in [-0.3, -0.25) is 4.98 Å². The second kappa shape index (κ2) is 2.06. The molecule has 0 fully saturated rings. The Labute approximate surface area is 54.1 Å². The first-order valence-electron chi connectivity index (χ1n) is 2.08. The van der Waals surface area contributed by atoms with Crippen LogP contribution in [0.3, 0.4) is 0 Å². The van der Waals surface area contributed by atoms with E-state index in [9.17, 15) is 9.59 Å². The summed E-state index contributed by atoms with van der Waals surface area (Å²) in [7, 11) is 0. The van der Waals surface area contributed by atoms with Gasteiger partial charge in [0.2, 0.25) is 0 Å². The molecule has 9 heavy (non-hydrogen) atoms. The zero-order valence-electron chi connectivity index (χ0n) is 4.18. The molecule has 1 N–H and O–H groups in total. The van der Waals surface area contributed by atoms with Gasteiger partial charge in [0.25, 0.3) is 0 Å². The van der Waals surface area contributed by atoms with E-state index in [1.807, 2.05) is 0 Å². The summed E-state index contributed by atoms with van der Waals surface area (Å²) in [4.78, 5) is 22.6. The Bertz CT molecular complexity index is 312. The highest BCUT2D eigenvalue weighted by Gasteiger charge is 1.94. The summed E-state index contributed by atoms with van der Waals surface area (Å²) in [6, 6.07) is 0. The lowest BCUT2D eigenvalue weighted by atomic mass is 10.7. The molecule has 0 aliphatic carbocycles. The predicted octanol–water partition coefficient (Wildman–Crippen LogP) is -0.0185. The molecule has 0 saturated heterocycles. The van der Waals surface area contributed by atoms with Gasteiger partial charge in [0, 0.05) is 6.20 Å². The molecule has 1 aromatic rings. The van der Waals surface area contributed by atoms with Crippen molar-refractivity contribution in [1.29, 1.82) is 0 Å². The van der Waals surface area contributed by atoms with Crippen LogP contribution in [0.25, 0.3) is 0 Å². The summed E-state index contributed by atoms with van der Waals surface area (Å²) in [5.74, 6) is -0.801. The van der Waals surface area contributed by atoms with Crippen molar-refractivity contribution in [3.8, 4) is 0 Å². The zero-order valence-corrected chi connectivity index (χ0v) is 4.94. The highest BCUT2D eigenvalue weighted by atomic mass is 35.5. The molecule has 0 unspecified atom stereocenters. The molecule has 0 aromatic carbocycles. The molecule has 0 amide bonds. The molecule has 0 atom stereocenters. The maximum atomic E-state index is 10.3. The standard InChI is InChI=1S/C4H2ClNO3/c5-2-1-6-4(8)9-3(2)7/h1H,(H,6,8). The Balaban J connectivity index is 3.52. The molecule has 48 valence electrons. The SMILES string of the molecule is O=c1[nH]cc(Cl)c(=O)o1. The first kappa shape index (κ1) is 6.10. The van der Waals surface area contributed by atoms with Crippen LogP contribution in [0.15, 0.2) is 20.2 Å². The lowest BCUT2D eigenvalue weighted by Crippen LogP contribution is -2.13.